The maximum Gasteiger partial charge on any atom is 0.325 e. The smallest absolute Gasteiger partial charge is 0.325 e. The van der Waals surface area contributed by atoms with Gasteiger partial charge in [0, 0.05) is 16.5 Å². The third kappa shape index (κ3) is 9.52. The van der Waals surface area contributed by atoms with E-state index in [1.165, 1.54) is 11.4 Å². The van der Waals surface area contributed by atoms with Gasteiger partial charge in [-0.05, 0) is 125 Å². The van der Waals surface area contributed by atoms with Crippen LogP contribution in [0.2, 0.25) is 0 Å². The summed E-state index contributed by atoms with van der Waals surface area (Å²) in [5, 5.41) is -0.434. The lowest BCUT2D eigenvalue weighted by Crippen LogP contribution is -2.71. The predicted molar refractivity (Wildman–Crippen MR) is 209 cm³/mol. The molecule has 0 amide bonds. The van der Waals surface area contributed by atoms with Crippen molar-refractivity contribution in [3.8, 4) is 17.6 Å². The standard InChI is InChI=1S/C42H65NO7S2/c1-12-13-22-49-31-16-18-33(19-17-31)52(46,47)43-26-32(25-38(44)50-41(8,9)10)51-42(39(43)40(45)48-11,36-23-29(6)14-20-34(36)27(2)3)37-24-30(7)15-21-35(37)28(4)5/h16-19,27-30,32,34-37,39H,14-15,20-26H2,1-11H3/t29?,30?,32-,34?,35?,36?,37?,39-,42?/m0/s1. The molecule has 8 nitrogen and oxygen atoms in total. The minimum atomic E-state index is -4.28. The van der Waals surface area contributed by atoms with Crippen LogP contribution in [0.4, 0.5) is 0 Å². The molecular formula is C42H65NO7S2. The highest BCUT2D eigenvalue weighted by atomic mass is 32.2. The van der Waals surface area contributed by atoms with Crippen LogP contribution in [-0.4, -0.2) is 66.6 Å². The summed E-state index contributed by atoms with van der Waals surface area (Å²) in [5.41, 5.74) is -0.691. The van der Waals surface area contributed by atoms with Gasteiger partial charge in [0.1, 0.15) is 24.0 Å². The molecule has 0 spiro atoms. The van der Waals surface area contributed by atoms with Crippen LogP contribution < -0.4 is 4.74 Å². The highest BCUT2D eigenvalue weighted by molar-refractivity contribution is 8.01. The van der Waals surface area contributed by atoms with Gasteiger partial charge >= 0.3 is 11.9 Å². The molecule has 2 saturated carbocycles. The lowest BCUT2D eigenvalue weighted by Gasteiger charge is -2.62. The molecule has 292 valence electrons. The first-order valence-electron chi connectivity index (χ1n) is 19.5. The van der Waals surface area contributed by atoms with E-state index < -0.39 is 37.6 Å². The van der Waals surface area contributed by atoms with Crippen LogP contribution in [0.3, 0.4) is 0 Å². The van der Waals surface area contributed by atoms with Crippen molar-refractivity contribution < 1.29 is 32.2 Å². The van der Waals surface area contributed by atoms with E-state index in [1.54, 1.807) is 43.0 Å². The maximum atomic E-state index is 15.2. The van der Waals surface area contributed by atoms with E-state index in [4.69, 9.17) is 14.2 Å². The van der Waals surface area contributed by atoms with Gasteiger partial charge in [-0.1, -0.05) is 60.3 Å². The zero-order valence-electron chi connectivity index (χ0n) is 33.6. The summed E-state index contributed by atoms with van der Waals surface area (Å²) < 4.78 is 48.3. The van der Waals surface area contributed by atoms with E-state index in [-0.39, 0.29) is 54.1 Å². The average Bonchev–Trinajstić information content (AvgIpc) is 3.06. The average molecular weight is 760 g/mol. The number of hydrogen-bond acceptors (Lipinski definition) is 8. The van der Waals surface area contributed by atoms with Crippen molar-refractivity contribution in [2.24, 2.45) is 47.3 Å². The quantitative estimate of drug-likeness (QED) is 0.163. The molecule has 0 N–H and O–H groups in total. The Morgan fingerprint density at radius 1 is 0.942 bits per heavy atom. The van der Waals surface area contributed by atoms with Crippen LogP contribution in [0.1, 0.15) is 114 Å². The Kier molecular flexibility index (Phi) is 14.3. The highest BCUT2D eigenvalue weighted by Crippen LogP contribution is 2.63. The number of esters is 2. The molecule has 10 heteroatoms. The minimum absolute atomic E-state index is 0.0126. The molecular weight excluding hydrogens is 695 g/mol. The van der Waals surface area contributed by atoms with E-state index >= 15 is 8.42 Å². The minimum Gasteiger partial charge on any atom is -0.481 e. The van der Waals surface area contributed by atoms with Crippen molar-refractivity contribution in [1.29, 1.82) is 0 Å². The number of methoxy groups -OCH3 is 1. The van der Waals surface area contributed by atoms with Crippen molar-refractivity contribution in [2.75, 3.05) is 20.3 Å². The third-order valence-corrected chi connectivity index (χ3v) is 15.6. The Morgan fingerprint density at radius 2 is 1.48 bits per heavy atom. The number of carbonyl (C=O) groups excluding carboxylic acids is 2. The van der Waals surface area contributed by atoms with Crippen molar-refractivity contribution in [2.45, 2.75) is 141 Å². The first-order chi connectivity index (χ1) is 24.3. The predicted octanol–water partition coefficient (Wildman–Crippen LogP) is 8.62. The van der Waals surface area contributed by atoms with Crippen LogP contribution in [-0.2, 0) is 29.1 Å². The number of ether oxygens (including phenoxy) is 3. The Labute approximate surface area is 319 Å². The molecule has 2 aliphatic carbocycles. The molecule has 3 aliphatic rings. The molecule has 0 aromatic heterocycles. The van der Waals surface area contributed by atoms with Gasteiger partial charge in [0.2, 0.25) is 10.0 Å². The number of carbonyl (C=O) groups is 2. The monoisotopic (exact) mass is 759 g/mol. The first-order valence-corrected chi connectivity index (χ1v) is 21.8. The van der Waals surface area contributed by atoms with Crippen molar-refractivity contribution >= 4 is 33.7 Å². The Balaban J connectivity index is 2.02. The van der Waals surface area contributed by atoms with E-state index in [0.29, 0.717) is 29.4 Å². The first kappa shape index (κ1) is 42.5. The maximum absolute atomic E-state index is 15.2. The number of benzene rings is 1. The molecule has 1 aromatic carbocycles. The second-order valence-corrected chi connectivity index (χ2v) is 20.9. The molecule has 3 fully saturated rings. The second kappa shape index (κ2) is 17.5. The fourth-order valence-corrected chi connectivity index (χ4v) is 13.7. The van der Waals surface area contributed by atoms with Gasteiger partial charge in [-0.25, -0.2) is 8.42 Å². The van der Waals surface area contributed by atoms with Gasteiger partial charge in [0.15, 0.2) is 0 Å². The number of nitrogens with zero attached hydrogens (tertiary/aromatic N) is 1. The molecule has 8 atom stereocenters. The topological polar surface area (TPSA) is 99.2 Å². The zero-order valence-corrected chi connectivity index (χ0v) is 35.2. The van der Waals surface area contributed by atoms with Gasteiger partial charge in [-0.2, -0.15) is 4.31 Å². The summed E-state index contributed by atoms with van der Waals surface area (Å²) in [4.78, 5) is 28.5. The van der Waals surface area contributed by atoms with Crippen LogP contribution >= 0.6 is 11.8 Å². The molecule has 1 aromatic rings. The third-order valence-electron chi connectivity index (χ3n) is 11.8. The van der Waals surface area contributed by atoms with Crippen LogP contribution in [0, 0.1) is 59.2 Å². The van der Waals surface area contributed by atoms with Crippen molar-refractivity contribution in [3.63, 3.8) is 0 Å². The molecule has 0 radical (unpaired) electrons. The lowest BCUT2D eigenvalue weighted by molar-refractivity contribution is -0.155. The molecule has 0 bridgehead atoms. The van der Waals surface area contributed by atoms with Crippen molar-refractivity contribution in [1.82, 2.24) is 4.31 Å². The van der Waals surface area contributed by atoms with Gasteiger partial charge in [0.05, 0.1) is 18.4 Å². The van der Waals surface area contributed by atoms with Crippen LogP contribution in [0.15, 0.2) is 29.2 Å². The Morgan fingerprint density at radius 3 is 1.94 bits per heavy atom. The molecule has 1 heterocycles. The molecule has 4 rings (SSSR count). The van der Waals surface area contributed by atoms with E-state index in [1.807, 2.05) is 20.8 Å². The van der Waals surface area contributed by atoms with Gasteiger partial charge in [0.25, 0.3) is 0 Å². The Bertz CT molecular complexity index is 1510. The van der Waals surface area contributed by atoms with E-state index in [9.17, 15) is 9.59 Å². The molecule has 1 aliphatic heterocycles. The van der Waals surface area contributed by atoms with Crippen LogP contribution in [0.25, 0.3) is 0 Å². The molecule has 52 heavy (non-hydrogen) atoms. The largest absolute Gasteiger partial charge is 0.481 e. The summed E-state index contributed by atoms with van der Waals surface area (Å²) in [6, 6.07) is 5.28. The SMILES string of the molecule is CC#CCOc1ccc(S(=O)(=O)N2C[C@H](CC(=O)OC(C)(C)C)SC(C3CC(C)CCC3C(C)C)(C3CC(C)CCC3C(C)C)[C@@H]2C(=O)OC)cc1. The highest BCUT2D eigenvalue weighted by Gasteiger charge is 2.66. The number of rotatable bonds is 11. The number of hydrogen-bond donors (Lipinski definition) is 0. The van der Waals surface area contributed by atoms with Crippen molar-refractivity contribution in [3.05, 3.63) is 24.3 Å². The van der Waals surface area contributed by atoms with Gasteiger partial charge in [-0.15, -0.1) is 17.7 Å². The van der Waals surface area contributed by atoms with E-state index in [0.717, 1.165) is 38.5 Å². The normalized spacial score (nSPS) is 31.8. The fraction of sp³-hybridized carbons (Fsp3) is 0.762. The van der Waals surface area contributed by atoms with Gasteiger partial charge in [-0.3, -0.25) is 9.59 Å². The summed E-state index contributed by atoms with van der Waals surface area (Å²) in [6.45, 7) is 21.1. The van der Waals surface area contributed by atoms with E-state index in [2.05, 4.69) is 53.4 Å². The van der Waals surface area contributed by atoms with Crippen LogP contribution in [0.5, 0.6) is 5.75 Å². The zero-order chi connectivity index (χ0) is 38.6. The summed E-state index contributed by atoms with van der Waals surface area (Å²) in [5.74, 6) is 7.35. The summed E-state index contributed by atoms with van der Waals surface area (Å²) in [6.07, 6.45) is 6.04. The number of sulfonamides is 1. The fourth-order valence-electron chi connectivity index (χ4n) is 9.58. The summed E-state index contributed by atoms with van der Waals surface area (Å²) >= 11 is 1.73. The van der Waals surface area contributed by atoms with Gasteiger partial charge < -0.3 is 14.2 Å². The summed E-state index contributed by atoms with van der Waals surface area (Å²) in [7, 11) is -2.90. The Hall–Kier alpha value is -2.22. The number of thioether (sulfide) groups is 1. The second-order valence-electron chi connectivity index (χ2n) is 17.4. The molecule has 1 saturated heterocycles. The molecule has 6 unspecified atom stereocenters. The lowest BCUT2D eigenvalue weighted by atomic mass is 9.54.